The highest BCUT2D eigenvalue weighted by molar-refractivity contribution is 5.53. The van der Waals surface area contributed by atoms with Crippen molar-refractivity contribution in [2.24, 2.45) is 0 Å². The Morgan fingerprint density at radius 1 is 1.31 bits per heavy atom. The van der Waals surface area contributed by atoms with Crippen LogP contribution in [0.3, 0.4) is 0 Å². The largest absolute Gasteiger partial charge is 0.492 e. The molecule has 1 aliphatic rings. The van der Waals surface area contributed by atoms with Crippen molar-refractivity contribution in [2.45, 2.75) is 33.1 Å². The first kappa shape index (κ1) is 16.4. The summed E-state index contributed by atoms with van der Waals surface area (Å²) in [7, 11) is 0. The number of aromatic nitrogens is 4. The molecule has 1 aromatic carbocycles. The number of aryl methyl sites for hydroxylation is 2. The van der Waals surface area contributed by atoms with E-state index in [2.05, 4.69) is 29.0 Å². The molecule has 0 bridgehead atoms. The van der Waals surface area contributed by atoms with Gasteiger partial charge >= 0.3 is 5.69 Å². The maximum absolute atomic E-state index is 11.9. The van der Waals surface area contributed by atoms with Gasteiger partial charge in [-0.25, -0.2) is 19.4 Å². The first-order valence-corrected chi connectivity index (χ1v) is 8.42. The van der Waals surface area contributed by atoms with E-state index in [0.717, 1.165) is 22.6 Å². The van der Waals surface area contributed by atoms with Crippen LogP contribution < -0.4 is 15.2 Å². The Morgan fingerprint density at radius 3 is 2.81 bits per heavy atom. The molecule has 0 fully saturated rings. The molecule has 0 saturated heterocycles. The van der Waals surface area contributed by atoms with Crippen molar-refractivity contribution >= 4 is 0 Å². The number of fused-ring (bicyclic) bond motifs is 1. The lowest BCUT2D eigenvalue weighted by Crippen LogP contribution is -2.19. The molecule has 7 heteroatoms. The molecule has 1 N–H and O–H groups in total. The van der Waals surface area contributed by atoms with Gasteiger partial charge in [0.25, 0.3) is 0 Å². The van der Waals surface area contributed by atoms with Crippen LogP contribution in [-0.4, -0.2) is 26.4 Å². The van der Waals surface area contributed by atoms with Crippen LogP contribution in [0.25, 0.3) is 5.69 Å². The third-order valence-electron chi connectivity index (χ3n) is 4.57. The Balaban J connectivity index is 1.72. The molecule has 0 amide bonds. The summed E-state index contributed by atoms with van der Waals surface area (Å²) >= 11 is 0. The van der Waals surface area contributed by atoms with Crippen molar-refractivity contribution in [3.63, 3.8) is 0 Å². The summed E-state index contributed by atoms with van der Waals surface area (Å²) < 4.78 is 13.4. The number of hydrogen-bond acceptors (Lipinski definition) is 5. The van der Waals surface area contributed by atoms with Gasteiger partial charge in [0, 0.05) is 16.5 Å². The molecule has 0 atom stereocenters. The summed E-state index contributed by atoms with van der Waals surface area (Å²) in [5, 5.41) is 6.35. The number of nitrogens with zero attached hydrogens (tertiary/aromatic N) is 3. The minimum Gasteiger partial charge on any atom is -0.492 e. The Hall–Kier alpha value is -3.09. The third-order valence-corrected chi connectivity index (χ3v) is 4.57. The van der Waals surface area contributed by atoms with Crippen molar-refractivity contribution in [1.82, 2.24) is 19.7 Å². The SMILES string of the molecule is Cc1cc(-n2c(C)n[nH]c2=O)cnc1Oc1cccc2c1C(C)(C)CO2. The predicted molar refractivity (Wildman–Crippen MR) is 96.5 cm³/mol. The molecular formula is C19H20N4O3. The Kier molecular flexibility index (Phi) is 3.61. The highest BCUT2D eigenvalue weighted by Gasteiger charge is 2.35. The number of hydrogen-bond donors (Lipinski definition) is 1. The van der Waals surface area contributed by atoms with Crippen LogP contribution in [0, 0.1) is 13.8 Å². The number of ether oxygens (including phenoxy) is 2. The highest BCUT2D eigenvalue weighted by atomic mass is 16.5. The van der Waals surface area contributed by atoms with E-state index in [1.165, 1.54) is 4.57 Å². The standard InChI is InChI=1S/C19H20N4O3/c1-11-8-13(23-12(2)21-22-18(23)24)9-20-17(11)26-15-7-5-6-14-16(15)19(3,4)10-25-14/h5-9H,10H2,1-4H3,(H,22,24). The van der Waals surface area contributed by atoms with E-state index in [-0.39, 0.29) is 11.1 Å². The Morgan fingerprint density at radius 2 is 2.12 bits per heavy atom. The topological polar surface area (TPSA) is 82.0 Å². The maximum Gasteiger partial charge on any atom is 0.347 e. The normalized spacial score (nSPS) is 14.8. The van der Waals surface area contributed by atoms with E-state index in [0.29, 0.717) is 24.0 Å². The molecule has 1 aliphatic heterocycles. The maximum atomic E-state index is 11.9. The van der Waals surface area contributed by atoms with Gasteiger partial charge in [0.1, 0.15) is 17.3 Å². The summed E-state index contributed by atoms with van der Waals surface area (Å²) in [6.07, 6.45) is 1.61. The zero-order chi connectivity index (χ0) is 18.5. The summed E-state index contributed by atoms with van der Waals surface area (Å²) in [6.45, 7) is 8.53. The summed E-state index contributed by atoms with van der Waals surface area (Å²) in [6, 6.07) is 7.65. The molecule has 0 unspecified atom stereocenters. The van der Waals surface area contributed by atoms with Gasteiger partial charge in [0.15, 0.2) is 0 Å². The van der Waals surface area contributed by atoms with Crippen LogP contribution in [-0.2, 0) is 5.41 Å². The van der Waals surface area contributed by atoms with Gasteiger partial charge in [0.05, 0.1) is 18.5 Å². The fourth-order valence-electron chi connectivity index (χ4n) is 3.27. The van der Waals surface area contributed by atoms with Crippen LogP contribution in [0.1, 0.15) is 30.8 Å². The molecule has 0 aliphatic carbocycles. The van der Waals surface area contributed by atoms with Crippen LogP contribution >= 0.6 is 0 Å². The lowest BCUT2D eigenvalue weighted by atomic mass is 9.86. The van der Waals surface area contributed by atoms with E-state index in [9.17, 15) is 4.79 Å². The molecule has 0 radical (unpaired) electrons. The zero-order valence-electron chi connectivity index (χ0n) is 15.2. The number of nitrogens with one attached hydrogen (secondary N) is 1. The van der Waals surface area contributed by atoms with Crippen LogP contribution in [0.4, 0.5) is 0 Å². The van der Waals surface area contributed by atoms with Crippen molar-refractivity contribution in [3.8, 4) is 23.1 Å². The van der Waals surface area contributed by atoms with Crippen molar-refractivity contribution in [2.75, 3.05) is 6.61 Å². The lowest BCUT2D eigenvalue weighted by molar-refractivity contribution is 0.290. The monoisotopic (exact) mass is 352 g/mol. The first-order valence-electron chi connectivity index (χ1n) is 8.42. The van der Waals surface area contributed by atoms with E-state index >= 15 is 0 Å². The molecule has 0 spiro atoms. The molecule has 0 saturated carbocycles. The van der Waals surface area contributed by atoms with Crippen LogP contribution in [0.15, 0.2) is 35.3 Å². The zero-order valence-corrected chi connectivity index (χ0v) is 15.2. The van der Waals surface area contributed by atoms with Crippen molar-refractivity contribution in [3.05, 3.63) is 57.9 Å². The van der Waals surface area contributed by atoms with Gasteiger partial charge < -0.3 is 9.47 Å². The third kappa shape index (κ3) is 2.56. The molecule has 2 aromatic heterocycles. The Labute approximate surface area is 150 Å². The molecular weight excluding hydrogens is 332 g/mol. The van der Waals surface area contributed by atoms with Gasteiger partial charge in [-0.3, -0.25) is 0 Å². The second-order valence-electron chi connectivity index (χ2n) is 7.13. The highest BCUT2D eigenvalue weighted by Crippen LogP contribution is 2.45. The lowest BCUT2D eigenvalue weighted by Gasteiger charge is -2.19. The predicted octanol–water partition coefficient (Wildman–Crippen LogP) is 3.03. The molecule has 134 valence electrons. The van der Waals surface area contributed by atoms with Gasteiger partial charge in [-0.05, 0) is 32.0 Å². The number of H-pyrrole nitrogens is 1. The minimum absolute atomic E-state index is 0.124. The smallest absolute Gasteiger partial charge is 0.347 e. The molecule has 3 heterocycles. The molecule has 7 nitrogen and oxygen atoms in total. The number of rotatable bonds is 3. The second kappa shape index (κ2) is 5.72. The number of pyridine rings is 1. The molecule has 26 heavy (non-hydrogen) atoms. The van der Waals surface area contributed by atoms with E-state index in [1.54, 1.807) is 13.1 Å². The van der Waals surface area contributed by atoms with Crippen LogP contribution in [0.5, 0.6) is 17.4 Å². The fraction of sp³-hybridized carbons (Fsp3) is 0.316. The quantitative estimate of drug-likeness (QED) is 0.783. The average Bonchev–Trinajstić information content (AvgIpc) is 3.09. The van der Waals surface area contributed by atoms with E-state index < -0.39 is 0 Å². The van der Waals surface area contributed by atoms with Gasteiger partial charge in [-0.1, -0.05) is 19.9 Å². The van der Waals surface area contributed by atoms with Crippen molar-refractivity contribution < 1.29 is 9.47 Å². The summed E-state index contributed by atoms with van der Waals surface area (Å²) in [5.74, 6) is 2.66. The van der Waals surface area contributed by atoms with Gasteiger partial charge in [-0.15, -0.1) is 0 Å². The fourth-order valence-corrected chi connectivity index (χ4v) is 3.27. The van der Waals surface area contributed by atoms with Gasteiger partial charge in [0.2, 0.25) is 5.88 Å². The Bertz CT molecular complexity index is 1050. The molecule has 3 aromatic rings. The van der Waals surface area contributed by atoms with E-state index in [4.69, 9.17) is 9.47 Å². The molecule has 4 rings (SSSR count). The second-order valence-corrected chi connectivity index (χ2v) is 7.13. The summed E-state index contributed by atoms with van der Waals surface area (Å²) in [5.41, 5.74) is 2.10. The van der Waals surface area contributed by atoms with Crippen LogP contribution in [0.2, 0.25) is 0 Å². The first-order chi connectivity index (χ1) is 12.4. The van der Waals surface area contributed by atoms with Crippen molar-refractivity contribution in [1.29, 1.82) is 0 Å². The number of aromatic amines is 1. The minimum atomic E-state index is -0.294. The average molecular weight is 352 g/mol. The summed E-state index contributed by atoms with van der Waals surface area (Å²) in [4.78, 5) is 16.3. The van der Waals surface area contributed by atoms with E-state index in [1.807, 2.05) is 31.2 Å². The number of benzene rings is 1. The van der Waals surface area contributed by atoms with Gasteiger partial charge in [-0.2, -0.15) is 5.10 Å².